The summed E-state index contributed by atoms with van der Waals surface area (Å²) in [7, 11) is 0. The SMILES string of the molecule is CCOC(=O)N1CCC(NCc2ccc(F)c(Br)c2)CC1. The normalized spacial score (nSPS) is 16.0. The molecule has 1 aromatic rings. The van der Waals surface area contributed by atoms with Crippen LogP contribution in [0.5, 0.6) is 0 Å². The van der Waals surface area contributed by atoms with Crippen LogP contribution in [0.3, 0.4) is 0 Å². The second kappa shape index (κ2) is 7.75. The minimum atomic E-state index is -0.249. The van der Waals surface area contributed by atoms with Crippen LogP contribution in [0.1, 0.15) is 25.3 Å². The summed E-state index contributed by atoms with van der Waals surface area (Å²) in [5, 5.41) is 3.45. The van der Waals surface area contributed by atoms with Gasteiger partial charge in [-0.15, -0.1) is 0 Å². The molecule has 4 nitrogen and oxygen atoms in total. The molecule has 1 amide bonds. The van der Waals surface area contributed by atoms with Crippen molar-refractivity contribution >= 4 is 22.0 Å². The van der Waals surface area contributed by atoms with E-state index in [4.69, 9.17) is 4.74 Å². The van der Waals surface area contributed by atoms with Crippen LogP contribution in [-0.2, 0) is 11.3 Å². The standard InChI is InChI=1S/C15H20BrFN2O2/c1-2-21-15(20)19-7-5-12(6-8-19)18-10-11-3-4-14(17)13(16)9-11/h3-4,9,12,18H,2,5-8,10H2,1H3. The summed E-state index contributed by atoms with van der Waals surface area (Å²) in [6.07, 6.45) is 1.58. The zero-order valence-corrected chi connectivity index (χ0v) is 13.7. The Bertz CT molecular complexity index is 491. The summed E-state index contributed by atoms with van der Waals surface area (Å²) < 4.78 is 18.6. The highest BCUT2D eigenvalue weighted by atomic mass is 79.9. The predicted molar refractivity (Wildman–Crippen MR) is 82.6 cm³/mol. The second-order valence-corrected chi connectivity index (χ2v) is 5.94. The lowest BCUT2D eigenvalue weighted by molar-refractivity contribution is 0.0950. The van der Waals surface area contributed by atoms with E-state index in [1.165, 1.54) is 6.07 Å². The Kier molecular flexibility index (Phi) is 5.99. The third-order valence-electron chi connectivity index (χ3n) is 3.60. The number of hydrogen-bond donors (Lipinski definition) is 1. The lowest BCUT2D eigenvalue weighted by Crippen LogP contribution is -2.44. The Labute approximate surface area is 132 Å². The number of nitrogens with one attached hydrogen (secondary N) is 1. The third kappa shape index (κ3) is 4.68. The van der Waals surface area contributed by atoms with E-state index >= 15 is 0 Å². The van der Waals surface area contributed by atoms with Crippen molar-refractivity contribution in [2.75, 3.05) is 19.7 Å². The van der Waals surface area contributed by atoms with Crippen molar-refractivity contribution < 1.29 is 13.9 Å². The maximum atomic E-state index is 13.2. The average molecular weight is 359 g/mol. The molecule has 1 fully saturated rings. The number of carbonyl (C=O) groups is 1. The van der Waals surface area contributed by atoms with Gasteiger partial charge in [-0.2, -0.15) is 0 Å². The van der Waals surface area contributed by atoms with E-state index in [0.717, 1.165) is 18.4 Å². The van der Waals surface area contributed by atoms with Gasteiger partial charge in [-0.25, -0.2) is 9.18 Å². The highest BCUT2D eigenvalue weighted by Crippen LogP contribution is 2.17. The molecule has 0 radical (unpaired) electrons. The number of carbonyl (C=O) groups excluding carboxylic acids is 1. The smallest absolute Gasteiger partial charge is 0.409 e. The van der Waals surface area contributed by atoms with Gasteiger partial charge in [0.2, 0.25) is 0 Å². The van der Waals surface area contributed by atoms with Crippen LogP contribution in [0.25, 0.3) is 0 Å². The van der Waals surface area contributed by atoms with Crippen molar-refractivity contribution in [3.8, 4) is 0 Å². The van der Waals surface area contributed by atoms with Crippen LogP contribution < -0.4 is 5.32 Å². The molecule has 0 spiro atoms. The lowest BCUT2D eigenvalue weighted by Gasteiger charge is -2.31. The van der Waals surface area contributed by atoms with Crippen LogP contribution >= 0.6 is 15.9 Å². The first-order valence-corrected chi connectivity index (χ1v) is 7.98. The van der Waals surface area contributed by atoms with E-state index in [0.29, 0.717) is 36.8 Å². The van der Waals surface area contributed by atoms with Gasteiger partial charge in [0, 0.05) is 25.7 Å². The van der Waals surface area contributed by atoms with Gasteiger partial charge in [-0.1, -0.05) is 6.07 Å². The predicted octanol–water partition coefficient (Wildman–Crippen LogP) is 3.30. The van der Waals surface area contributed by atoms with Crippen molar-refractivity contribution in [2.24, 2.45) is 0 Å². The van der Waals surface area contributed by atoms with Gasteiger partial charge >= 0.3 is 6.09 Å². The molecule has 0 atom stereocenters. The monoisotopic (exact) mass is 358 g/mol. The van der Waals surface area contributed by atoms with Crippen molar-refractivity contribution in [3.05, 3.63) is 34.1 Å². The van der Waals surface area contributed by atoms with Gasteiger partial charge in [-0.05, 0) is 53.4 Å². The Morgan fingerprint density at radius 2 is 2.19 bits per heavy atom. The third-order valence-corrected chi connectivity index (χ3v) is 4.21. The van der Waals surface area contributed by atoms with Gasteiger partial charge in [0.25, 0.3) is 0 Å². The Balaban J connectivity index is 1.76. The first-order valence-electron chi connectivity index (χ1n) is 7.19. The largest absolute Gasteiger partial charge is 0.450 e. The number of rotatable bonds is 4. The van der Waals surface area contributed by atoms with E-state index in [-0.39, 0.29) is 11.9 Å². The molecule has 0 saturated carbocycles. The molecule has 0 unspecified atom stereocenters. The van der Waals surface area contributed by atoms with E-state index in [1.807, 2.05) is 6.92 Å². The van der Waals surface area contributed by atoms with E-state index in [1.54, 1.807) is 17.0 Å². The molecule has 116 valence electrons. The van der Waals surface area contributed by atoms with Gasteiger partial charge in [0.05, 0.1) is 11.1 Å². The highest BCUT2D eigenvalue weighted by molar-refractivity contribution is 9.10. The quantitative estimate of drug-likeness (QED) is 0.897. The number of likely N-dealkylation sites (tertiary alicyclic amines) is 1. The summed E-state index contributed by atoms with van der Waals surface area (Å²) in [6.45, 7) is 4.35. The fourth-order valence-corrected chi connectivity index (χ4v) is 2.82. The molecule has 0 aromatic heterocycles. The number of benzene rings is 1. The number of hydrogen-bond acceptors (Lipinski definition) is 3. The Hall–Kier alpha value is -1.14. The lowest BCUT2D eigenvalue weighted by atomic mass is 10.0. The van der Waals surface area contributed by atoms with Gasteiger partial charge in [0.15, 0.2) is 0 Å². The van der Waals surface area contributed by atoms with Gasteiger partial charge in [0.1, 0.15) is 5.82 Å². The number of halogens is 2. The molecular formula is C15H20BrFN2O2. The maximum absolute atomic E-state index is 13.2. The summed E-state index contributed by atoms with van der Waals surface area (Å²) in [5.74, 6) is -0.249. The molecular weight excluding hydrogens is 339 g/mol. The topological polar surface area (TPSA) is 41.6 Å². The van der Waals surface area contributed by atoms with Crippen molar-refractivity contribution in [2.45, 2.75) is 32.4 Å². The number of amides is 1. The number of ether oxygens (including phenoxy) is 1. The van der Waals surface area contributed by atoms with E-state index < -0.39 is 0 Å². The fraction of sp³-hybridized carbons (Fsp3) is 0.533. The summed E-state index contributed by atoms with van der Waals surface area (Å²) in [6, 6.07) is 5.40. The molecule has 0 aliphatic carbocycles. The van der Waals surface area contributed by atoms with E-state index in [2.05, 4.69) is 21.2 Å². The molecule has 1 aromatic carbocycles. The summed E-state index contributed by atoms with van der Waals surface area (Å²) >= 11 is 3.19. The molecule has 1 saturated heterocycles. The summed E-state index contributed by atoms with van der Waals surface area (Å²) in [5.41, 5.74) is 1.04. The molecule has 0 bridgehead atoms. The zero-order valence-electron chi connectivity index (χ0n) is 12.1. The van der Waals surface area contributed by atoms with Crippen LogP contribution in [0.15, 0.2) is 22.7 Å². The molecule has 2 rings (SSSR count). The minimum absolute atomic E-state index is 0.224. The molecule has 1 N–H and O–H groups in total. The van der Waals surface area contributed by atoms with Crippen molar-refractivity contribution in [1.29, 1.82) is 0 Å². The molecule has 21 heavy (non-hydrogen) atoms. The van der Waals surface area contributed by atoms with Gasteiger partial charge < -0.3 is 15.0 Å². The Morgan fingerprint density at radius 1 is 1.48 bits per heavy atom. The Morgan fingerprint density at radius 3 is 2.81 bits per heavy atom. The molecule has 6 heteroatoms. The first-order chi connectivity index (χ1) is 10.1. The van der Waals surface area contributed by atoms with Crippen LogP contribution in [-0.4, -0.2) is 36.7 Å². The molecule has 1 heterocycles. The van der Waals surface area contributed by atoms with Crippen LogP contribution in [0.2, 0.25) is 0 Å². The average Bonchev–Trinajstić information content (AvgIpc) is 2.49. The van der Waals surface area contributed by atoms with E-state index in [9.17, 15) is 9.18 Å². The van der Waals surface area contributed by atoms with Crippen molar-refractivity contribution in [1.82, 2.24) is 10.2 Å². The minimum Gasteiger partial charge on any atom is -0.450 e. The first kappa shape index (κ1) is 16.2. The highest BCUT2D eigenvalue weighted by Gasteiger charge is 2.23. The number of nitrogens with zero attached hydrogens (tertiary/aromatic N) is 1. The molecule has 1 aliphatic heterocycles. The van der Waals surface area contributed by atoms with Crippen LogP contribution in [0, 0.1) is 5.82 Å². The fourth-order valence-electron chi connectivity index (χ4n) is 2.39. The summed E-state index contributed by atoms with van der Waals surface area (Å²) in [4.78, 5) is 13.3. The van der Waals surface area contributed by atoms with Crippen LogP contribution in [0.4, 0.5) is 9.18 Å². The van der Waals surface area contributed by atoms with Gasteiger partial charge in [-0.3, -0.25) is 0 Å². The van der Waals surface area contributed by atoms with Crippen molar-refractivity contribution in [3.63, 3.8) is 0 Å². The maximum Gasteiger partial charge on any atom is 0.409 e. The second-order valence-electron chi connectivity index (χ2n) is 5.09. The zero-order chi connectivity index (χ0) is 15.2. The molecule has 1 aliphatic rings. The number of piperidine rings is 1.